The summed E-state index contributed by atoms with van der Waals surface area (Å²) in [7, 11) is 4.58. The number of aromatic nitrogens is 3. The maximum absolute atomic E-state index is 4.59. The van der Waals surface area contributed by atoms with Crippen molar-refractivity contribution in [2.24, 2.45) is 0 Å². The molecule has 0 radical (unpaired) electrons. The van der Waals surface area contributed by atoms with Crippen LogP contribution in [0.5, 0.6) is 0 Å². The molecule has 0 atom stereocenters. The van der Waals surface area contributed by atoms with Gasteiger partial charge in [-0.3, -0.25) is 9.97 Å². The second-order valence-electron chi connectivity index (χ2n) is 3.84. The van der Waals surface area contributed by atoms with Gasteiger partial charge in [0.05, 0.1) is 22.8 Å². The third-order valence-electron chi connectivity index (χ3n) is 2.60. The van der Waals surface area contributed by atoms with Gasteiger partial charge in [-0.15, -0.1) is 0 Å². The van der Waals surface area contributed by atoms with E-state index >= 15 is 0 Å². The predicted molar refractivity (Wildman–Crippen MR) is 76.6 cm³/mol. The van der Waals surface area contributed by atoms with Crippen molar-refractivity contribution in [3.63, 3.8) is 0 Å². The summed E-state index contributed by atoms with van der Waals surface area (Å²) in [5.41, 5.74) is 3.46. The zero-order chi connectivity index (χ0) is 14.2. The Kier molecular flexibility index (Phi) is 5.89. The van der Waals surface area contributed by atoms with Gasteiger partial charge in [0, 0.05) is 12.4 Å². The molecule has 0 saturated heterocycles. The van der Waals surface area contributed by atoms with Gasteiger partial charge in [0.2, 0.25) is 0 Å². The van der Waals surface area contributed by atoms with Crippen LogP contribution >= 0.6 is 9.19 Å². The molecular weight excluding hydrogens is 455 g/mol. The fraction of sp³-hybridized carbons (Fsp3) is 0. The summed E-state index contributed by atoms with van der Waals surface area (Å²) in [6.45, 7) is 0. The Morgan fingerprint density at radius 2 is 1.05 bits per heavy atom. The molecule has 0 N–H and O–H groups in total. The van der Waals surface area contributed by atoms with Crippen LogP contribution in [0.1, 0.15) is 0 Å². The van der Waals surface area contributed by atoms with Gasteiger partial charge in [-0.2, -0.15) is 0 Å². The van der Waals surface area contributed by atoms with Crippen LogP contribution in [-0.2, 0) is 20.0 Å². The van der Waals surface area contributed by atoms with Crippen molar-refractivity contribution < 1.29 is 20.0 Å². The topological polar surface area (TPSA) is 38.7 Å². The number of hydrogen-bond acceptors (Lipinski definition) is 3. The number of halogens is 1. The van der Waals surface area contributed by atoms with Crippen molar-refractivity contribution in [2.45, 2.75) is 0 Å². The van der Waals surface area contributed by atoms with E-state index in [2.05, 4.69) is 24.1 Å². The second-order valence-corrected chi connectivity index (χ2v) is 3.84. The standard InChI is InChI=1S/C15H11N3.Au.ClH/c1-3-10-16-12(6-1)14-8-5-9-15(18-14)13-7-2-4-11-17-13;;/h1-11H;;1H/q;+1;/p-1. The van der Waals surface area contributed by atoms with E-state index < -0.39 is 0 Å². The summed E-state index contributed by atoms with van der Waals surface area (Å²) in [6, 6.07) is 17.5. The van der Waals surface area contributed by atoms with Crippen LogP contribution in [0.15, 0.2) is 67.0 Å². The number of nitrogens with zero attached hydrogens (tertiary/aromatic N) is 3. The van der Waals surface area contributed by atoms with Crippen molar-refractivity contribution in [1.82, 2.24) is 15.0 Å². The van der Waals surface area contributed by atoms with Gasteiger partial charge in [-0.05, 0) is 36.4 Å². The molecule has 3 rings (SSSR count). The van der Waals surface area contributed by atoms with E-state index in [1.54, 1.807) is 32.4 Å². The maximum atomic E-state index is 4.59. The number of hydrogen-bond donors (Lipinski definition) is 0. The van der Waals surface area contributed by atoms with Crippen LogP contribution < -0.4 is 0 Å². The number of pyridine rings is 3. The van der Waals surface area contributed by atoms with E-state index in [-0.39, 0.29) is 0 Å². The first-order valence-corrected chi connectivity index (χ1v) is 8.53. The molecule has 0 spiro atoms. The van der Waals surface area contributed by atoms with Gasteiger partial charge >= 0.3 is 29.2 Å². The largest absolute Gasteiger partial charge is 0.255 e. The van der Waals surface area contributed by atoms with Crippen LogP contribution in [0.3, 0.4) is 0 Å². The molecule has 3 nitrogen and oxygen atoms in total. The van der Waals surface area contributed by atoms with Crippen LogP contribution in [0.25, 0.3) is 22.8 Å². The molecular formula is C15H11AuClN3. The molecule has 20 heavy (non-hydrogen) atoms. The molecule has 0 aliphatic carbocycles. The van der Waals surface area contributed by atoms with E-state index in [0.717, 1.165) is 22.8 Å². The Morgan fingerprint density at radius 3 is 1.45 bits per heavy atom. The van der Waals surface area contributed by atoms with Crippen molar-refractivity contribution in [3.05, 3.63) is 67.0 Å². The van der Waals surface area contributed by atoms with Crippen molar-refractivity contribution in [3.8, 4) is 22.8 Å². The van der Waals surface area contributed by atoms with Crippen LogP contribution in [0, 0.1) is 0 Å². The Bertz CT molecular complexity index is 593. The van der Waals surface area contributed by atoms with Gasteiger partial charge < -0.3 is 0 Å². The van der Waals surface area contributed by atoms with Gasteiger partial charge in [0.1, 0.15) is 0 Å². The molecule has 3 aromatic rings. The normalized spacial score (nSPS) is 9.55. The van der Waals surface area contributed by atoms with Crippen LogP contribution in [0.2, 0.25) is 0 Å². The monoisotopic (exact) mass is 465 g/mol. The molecule has 0 aromatic carbocycles. The predicted octanol–water partition coefficient (Wildman–Crippen LogP) is 3.89. The van der Waals surface area contributed by atoms with E-state index in [4.69, 9.17) is 0 Å². The smallest absolute Gasteiger partial charge is 0.0894 e. The molecule has 0 unspecified atom stereocenters. The Morgan fingerprint density at radius 1 is 0.600 bits per heavy atom. The first-order chi connectivity index (χ1) is 9.93. The molecule has 104 valence electrons. The zero-order valence-corrected chi connectivity index (χ0v) is 13.3. The minimum Gasteiger partial charge on any atom is -0.255 e. The van der Waals surface area contributed by atoms with Gasteiger partial charge in [-0.1, -0.05) is 18.2 Å². The van der Waals surface area contributed by atoms with Gasteiger partial charge in [-0.25, -0.2) is 4.98 Å². The molecule has 0 fully saturated rings. The SMILES string of the molecule is [Cl][Au].c1ccc(-c2cccc(-c3ccccn3)n2)nc1. The summed E-state index contributed by atoms with van der Waals surface area (Å²) in [5, 5.41) is 0. The third-order valence-corrected chi connectivity index (χ3v) is 2.60. The summed E-state index contributed by atoms with van der Waals surface area (Å²) in [5.74, 6) is 0. The quantitative estimate of drug-likeness (QED) is 0.539. The molecule has 3 heterocycles. The summed E-state index contributed by atoms with van der Waals surface area (Å²) in [6.07, 6.45) is 3.54. The number of rotatable bonds is 2. The summed E-state index contributed by atoms with van der Waals surface area (Å²) in [4.78, 5) is 13.2. The molecule has 0 aliphatic rings. The molecule has 0 amide bonds. The van der Waals surface area contributed by atoms with Gasteiger partial charge in [0.25, 0.3) is 0 Å². The summed E-state index contributed by atoms with van der Waals surface area (Å²) < 4.78 is 0. The van der Waals surface area contributed by atoms with Crippen LogP contribution in [0.4, 0.5) is 0 Å². The Labute approximate surface area is 133 Å². The maximum Gasteiger partial charge on any atom is 0.0894 e. The van der Waals surface area contributed by atoms with Crippen molar-refractivity contribution in [2.75, 3.05) is 0 Å². The average molecular weight is 466 g/mol. The summed E-state index contributed by atoms with van der Waals surface area (Å²) >= 11 is 1.75. The molecule has 3 aromatic heterocycles. The van der Waals surface area contributed by atoms with E-state index in [0.29, 0.717) is 0 Å². The minimum absolute atomic E-state index is 0.860. The van der Waals surface area contributed by atoms with Gasteiger partial charge in [0.15, 0.2) is 0 Å². The van der Waals surface area contributed by atoms with E-state index in [1.807, 2.05) is 54.6 Å². The molecule has 5 heteroatoms. The fourth-order valence-corrected chi connectivity index (χ4v) is 1.75. The second kappa shape index (κ2) is 7.92. The van der Waals surface area contributed by atoms with Crippen molar-refractivity contribution in [1.29, 1.82) is 0 Å². The first kappa shape index (κ1) is 14.9. The molecule has 0 saturated carbocycles. The minimum atomic E-state index is 0.860. The fourth-order valence-electron chi connectivity index (χ4n) is 1.75. The molecule has 0 bridgehead atoms. The molecule has 0 aliphatic heterocycles. The van der Waals surface area contributed by atoms with E-state index in [1.165, 1.54) is 0 Å². The third kappa shape index (κ3) is 3.74. The average Bonchev–Trinajstić information content (AvgIpc) is 2.58. The zero-order valence-electron chi connectivity index (χ0n) is 10.4. The first-order valence-electron chi connectivity index (χ1n) is 5.85. The Hall–Kier alpha value is -1.52. The van der Waals surface area contributed by atoms with Crippen LogP contribution in [-0.4, -0.2) is 15.0 Å². The Balaban J connectivity index is 0.000000704. The van der Waals surface area contributed by atoms with Crippen molar-refractivity contribution >= 4 is 9.19 Å². The van der Waals surface area contributed by atoms with E-state index in [9.17, 15) is 0 Å².